The van der Waals surface area contributed by atoms with E-state index < -0.39 is 0 Å². The minimum atomic E-state index is -0.248. The molecule has 1 atom stereocenters. The predicted octanol–water partition coefficient (Wildman–Crippen LogP) is 3.29. The molecule has 0 aliphatic heterocycles. The fourth-order valence-electron chi connectivity index (χ4n) is 1.43. The molecule has 0 radical (unpaired) electrons. The van der Waals surface area contributed by atoms with Gasteiger partial charge in [0.15, 0.2) is 0 Å². The first-order valence-electron chi connectivity index (χ1n) is 4.74. The molecule has 0 spiro atoms. The summed E-state index contributed by atoms with van der Waals surface area (Å²) in [4.78, 5) is 4.12. The van der Waals surface area contributed by atoms with E-state index in [0.29, 0.717) is 12.0 Å². The molecule has 0 saturated carbocycles. The lowest BCUT2D eigenvalue weighted by molar-refractivity contribution is 0.590. The second-order valence-corrected chi connectivity index (χ2v) is 5.09. The molecule has 84 valence electrons. The number of halogens is 2. The van der Waals surface area contributed by atoms with E-state index in [-0.39, 0.29) is 11.9 Å². The second kappa shape index (κ2) is 5.03. The van der Waals surface area contributed by atoms with Crippen LogP contribution in [-0.2, 0) is 6.42 Å². The molecule has 5 heteroatoms. The van der Waals surface area contributed by atoms with Crippen LogP contribution in [0.25, 0.3) is 0 Å². The highest BCUT2D eigenvalue weighted by Gasteiger charge is 2.12. The highest BCUT2D eigenvalue weighted by molar-refractivity contribution is 9.10. The maximum atomic E-state index is 13.5. The molecule has 1 aromatic carbocycles. The Morgan fingerprint density at radius 3 is 2.94 bits per heavy atom. The Morgan fingerprint density at radius 1 is 1.50 bits per heavy atom. The summed E-state index contributed by atoms with van der Waals surface area (Å²) in [6, 6.07) is 4.75. The van der Waals surface area contributed by atoms with Crippen LogP contribution in [0.4, 0.5) is 4.39 Å². The molecule has 1 aromatic heterocycles. The fraction of sp³-hybridized carbons (Fsp3) is 0.182. The van der Waals surface area contributed by atoms with E-state index >= 15 is 0 Å². The van der Waals surface area contributed by atoms with Gasteiger partial charge < -0.3 is 5.73 Å². The average molecular weight is 301 g/mol. The third kappa shape index (κ3) is 2.66. The molecule has 0 aliphatic carbocycles. The van der Waals surface area contributed by atoms with Crippen LogP contribution in [0.3, 0.4) is 0 Å². The first-order chi connectivity index (χ1) is 7.66. The van der Waals surface area contributed by atoms with Crippen LogP contribution < -0.4 is 5.73 Å². The summed E-state index contributed by atoms with van der Waals surface area (Å²) in [7, 11) is 0. The number of nitrogens with two attached hydrogens (primary N) is 1. The largest absolute Gasteiger partial charge is 0.322 e. The van der Waals surface area contributed by atoms with Crippen LogP contribution in [0.15, 0.2) is 33.6 Å². The van der Waals surface area contributed by atoms with Gasteiger partial charge in [0.25, 0.3) is 0 Å². The number of nitrogens with zero attached hydrogens (tertiary/aromatic N) is 1. The van der Waals surface area contributed by atoms with Crippen molar-refractivity contribution in [3.63, 3.8) is 0 Å². The quantitative estimate of drug-likeness (QED) is 0.945. The first-order valence-corrected chi connectivity index (χ1v) is 6.48. The third-order valence-electron chi connectivity index (χ3n) is 2.29. The Kier molecular flexibility index (Phi) is 3.68. The highest BCUT2D eigenvalue weighted by atomic mass is 79.9. The summed E-state index contributed by atoms with van der Waals surface area (Å²) in [5, 5.41) is 1.89. The van der Waals surface area contributed by atoms with Crippen molar-refractivity contribution in [2.45, 2.75) is 12.5 Å². The van der Waals surface area contributed by atoms with Crippen LogP contribution in [0, 0.1) is 5.82 Å². The zero-order valence-corrected chi connectivity index (χ0v) is 10.8. The van der Waals surface area contributed by atoms with Gasteiger partial charge in [0, 0.05) is 9.85 Å². The lowest BCUT2D eigenvalue weighted by Crippen LogP contribution is -2.14. The number of benzene rings is 1. The molecule has 2 aromatic rings. The molecule has 2 rings (SSSR count). The van der Waals surface area contributed by atoms with E-state index in [0.717, 1.165) is 10.2 Å². The fourth-order valence-corrected chi connectivity index (χ4v) is 2.39. The van der Waals surface area contributed by atoms with Crippen molar-refractivity contribution in [3.8, 4) is 0 Å². The number of aromatic nitrogens is 1. The summed E-state index contributed by atoms with van der Waals surface area (Å²) >= 11 is 4.71. The van der Waals surface area contributed by atoms with Gasteiger partial charge in [-0.2, -0.15) is 0 Å². The van der Waals surface area contributed by atoms with Crippen LogP contribution in [0.1, 0.15) is 17.3 Å². The Labute approximate surface area is 105 Å². The van der Waals surface area contributed by atoms with E-state index in [9.17, 15) is 4.39 Å². The molecular formula is C11H10BrFN2S. The van der Waals surface area contributed by atoms with E-state index in [4.69, 9.17) is 5.73 Å². The summed E-state index contributed by atoms with van der Waals surface area (Å²) < 4.78 is 14.3. The Balaban J connectivity index is 2.15. The van der Waals surface area contributed by atoms with Crippen molar-refractivity contribution >= 4 is 27.3 Å². The smallest absolute Gasteiger partial charge is 0.127 e. The van der Waals surface area contributed by atoms with E-state index in [1.54, 1.807) is 11.6 Å². The SMILES string of the molecule is NC(Cc1ccc(Br)cc1F)c1cscn1. The van der Waals surface area contributed by atoms with Gasteiger partial charge in [-0.3, -0.25) is 0 Å². The topological polar surface area (TPSA) is 38.9 Å². The third-order valence-corrected chi connectivity index (χ3v) is 3.38. The summed E-state index contributed by atoms with van der Waals surface area (Å²) in [5.74, 6) is -0.236. The zero-order valence-electron chi connectivity index (χ0n) is 8.36. The number of rotatable bonds is 3. The van der Waals surface area contributed by atoms with Crippen molar-refractivity contribution in [2.24, 2.45) is 5.73 Å². The van der Waals surface area contributed by atoms with Crippen molar-refractivity contribution in [3.05, 3.63) is 50.6 Å². The van der Waals surface area contributed by atoms with Gasteiger partial charge in [0.2, 0.25) is 0 Å². The zero-order chi connectivity index (χ0) is 11.5. The summed E-state index contributed by atoms with van der Waals surface area (Å²) in [5.41, 5.74) is 9.10. The second-order valence-electron chi connectivity index (χ2n) is 3.46. The molecule has 2 N–H and O–H groups in total. The molecular weight excluding hydrogens is 291 g/mol. The summed E-state index contributed by atoms with van der Waals surface area (Å²) in [6.07, 6.45) is 0.461. The molecule has 0 saturated heterocycles. The molecule has 0 amide bonds. The number of thiazole rings is 1. The lowest BCUT2D eigenvalue weighted by Gasteiger charge is -2.09. The minimum absolute atomic E-state index is 0.236. The Hall–Kier alpha value is -0.780. The van der Waals surface area contributed by atoms with E-state index in [1.165, 1.54) is 17.4 Å². The van der Waals surface area contributed by atoms with Gasteiger partial charge in [-0.25, -0.2) is 9.37 Å². The average Bonchev–Trinajstić information content (AvgIpc) is 2.75. The van der Waals surface area contributed by atoms with Gasteiger partial charge >= 0.3 is 0 Å². The van der Waals surface area contributed by atoms with Gasteiger partial charge in [-0.05, 0) is 24.1 Å². The molecule has 1 unspecified atom stereocenters. The predicted molar refractivity (Wildman–Crippen MR) is 66.8 cm³/mol. The van der Waals surface area contributed by atoms with Crippen molar-refractivity contribution < 1.29 is 4.39 Å². The Morgan fingerprint density at radius 2 is 2.31 bits per heavy atom. The van der Waals surface area contributed by atoms with E-state index in [1.807, 2.05) is 11.4 Å². The van der Waals surface area contributed by atoms with Crippen LogP contribution in [0.2, 0.25) is 0 Å². The standard InChI is InChI=1S/C11H10BrFN2S/c12-8-2-1-7(9(13)4-8)3-10(14)11-5-16-6-15-11/h1-2,4-6,10H,3,14H2. The monoisotopic (exact) mass is 300 g/mol. The highest BCUT2D eigenvalue weighted by Crippen LogP contribution is 2.20. The van der Waals surface area contributed by atoms with Crippen LogP contribution >= 0.6 is 27.3 Å². The van der Waals surface area contributed by atoms with Crippen LogP contribution in [0.5, 0.6) is 0 Å². The van der Waals surface area contributed by atoms with Gasteiger partial charge in [-0.15, -0.1) is 11.3 Å². The van der Waals surface area contributed by atoms with Crippen molar-refractivity contribution in [1.82, 2.24) is 4.98 Å². The van der Waals surface area contributed by atoms with Gasteiger partial charge in [0.05, 0.1) is 17.2 Å². The molecule has 0 aliphatic rings. The molecule has 1 heterocycles. The minimum Gasteiger partial charge on any atom is -0.322 e. The molecule has 0 bridgehead atoms. The van der Waals surface area contributed by atoms with E-state index in [2.05, 4.69) is 20.9 Å². The maximum Gasteiger partial charge on any atom is 0.127 e. The Bertz CT molecular complexity index is 473. The number of hydrogen-bond donors (Lipinski definition) is 1. The lowest BCUT2D eigenvalue weighted by atomic mass is 10.0. The molecule has 16 heavy (non-hydrogen) atoms. The van der Waals surface area contributed by atoms with Gasteiger partial charge in [0.1, 0.15) is 5.82 Å². The van der Waals surface area contributed by atoms with Crippen molar-refractivity contribution in [2.75, 3.05) is 0 Å². The maximum absolute atomic E-state index is 13.5. The first kappa shape index (κ1) is 11.7. The van der Waals surface area contributed by atoms with Crippen LogP contribution in [-0.4, -0.2) is 4.98 Å². The van der Waals surface area contributed by atoms with Crippen molar-refractivity contribution in [1.29, 1.82) is 0 Å². The van der Waals surface area contributed by atoms with Gasteiger partial charge in [-0.1, -0.05) is 22.0 Å². The normalized spacial score (nSPS) is 12.7. The molecule has 2 nitrogen and oxygen atoms in total. The molecule has 0 fully saturated rings. The number of hydrogen-bond acceptors (Lipinski definition) is 3. The summed E-state index contributed by atoms with van der Waals surface area (Å²) in [6.45, 7) is 0.